The number of carbonyl (C=O) groups excluding carboxylic acids is 2. The van der Waals surface area contributed by atoms with E-state index in [1.165, 1.54) is 22.5 Å². The Balaban J connectivity index is 1.35. The van der Waals surface area contributed by atoms with Crippen LogP contribution in [0.5, 0.6) is 0 Å². The molecule has 206 valence electrons. The minimum absolute atomic E-state index is 0.00689. The molecule has 0 aliphatic carbocycles. The van der Waals surface area contributed by atoms with Crippen molar-refractivity contribution in [2.75, 3.05) is 22.5 Å². The third kappa shape index (κ3) is 5.01. The van der Waals surface area contributed by atoms with Crippen molar-refractivity contribution in [3.05, 3.63) is 104 Å². The number of hydrogen-bond acceptors (Lipinski definition) is 4. The molecule has 1 N–H and O–H groups in total. The van der Waals surface area contributed by atoms with E-state index in [1.54, 1.807) is 53.9 Å². The number of aromatic nitrogens is 2. The van der Waals surface area contributed by atoms with Gasteiger partial charge in [-0.3, -0.25) is 19.1 Å². The summed E-state index contributed by atoms with van der Waals surface area (Å²) in [4.78, 5) is 42.1. The van der Waals surface area contributed by atoms with Crippen LogP contribution in [-0.4, -0.2) is 33.5 Å². The van der Waals surface area contributed by atoms with Gasteiger partial charge in [-0.15, -0.1) is 11.8 Å². The summed E-state index contributed by atoms with van der Waals surface area (Å²) in [7, 11) is 1.76. The number of carbonyl (C=O) groups is 2. The van der Waals surface area contributed by atoms with Crippen LogP contribution in [0, 0.1) is 12.7 Å². The van der Waals surface area contributed by atoms with Crippen LogP contribution >= 0.6 is 27.7 Å². The van der Waals surface area contributed by atoms with Gasteiger partial charge in [0.25, 0.3) is 11.5 Å². The van der Waals surface area contributed by atoms with Crippen molar-refractivity contribution in [1.29, 1.82) is 0 Å². The number of fused-ring (bicyclic) bond motifs is 1. The van der Waals surface area contributed by atoms with Crippen molar-refractivity contribution < 1.29 is 14.0 Å². The molecule has 0 saturated carbocycles. The van der Waals surface area contributed by atoms with Crippen LogP contribution in [0.4, 0.5) is 15.8 Å². The molecule has 7 nitrogen and oxygen atoms in total. The van der Waals surface area contributed by atoms with Gasteiger partial charge in [-0.05, 0) is 64.8 Å². The molecule has 1 aliphatic heterocycles. The molecule has 1 aliphatic rings. The van der Waals surface area contributed by atoms with Crippen LogP contribution < -0.4 is 15.8 Å². The highest BCUT2D eigenvalue weighted by molar-refractivity contribution is 9.10. The SMILES string of the molecule is Cc1c(NC(=O)CSc2ccccc2C(=O)N2CC(C)(C)c3cc(Br)c(F)cc32)c(=O)n(-c2ccccc2)n1C. The van der Waals surface area contributed by atoms with Gasteiger partial charge in [-0.1, -0.05) is 44.2 Å². The van der Waals surface area contributed by atoms with Crippen LogP contribution in [0.1, 0.15) is 35.5 Å². The summed E-state index contributed by atoms with van der Waals surface area (Å²) in [6.45, 7) is 6.21. The predicted octanol–water partition coefficient (Wildman–Crippen LogP) is 6.05. The highest BCUT2D eigenvalue weighted by atomic mass is 79.9. The molecule has 1 aromatic heterocycles. The number of amides is 2. The second-order valence-electron chi connectivity index (χ2n) is 10.3. The second-order valence-corrected chi connectivity index (χ2v) is 12.2. The number of halogens is 2. The highest BCUT2D eigenvalue weighted by Crippen LogP contribution is 2.43. The van der Waals surface area contributed by atoms with Gasteiger partial charge in [0.1, 0.15) is 11.5 Å². The fraction of sp³-hybridized carbons (Fsp3) is 0.233. The maximum Gasteiger partial charge on any atom is 0.295 e. The Morgan fingerprint density at radius 3 is 2.48 bits per heavy atom. The third-order valence-electron chi connectivity index (χ3n) is 7.15. The molecule has 2 amide bonds. The minimum Gasteiger partial charge on any atom is -0.319 e. The minimum atomic E-state index is -0.434. The number of rotatable bonds is 6. The number of anilines is 2. The van der Waals surface area contributed by atoms with Gasteiger partial charge in [0, 0.05) is 23.9 Å². The Labute approximate surface area is 244 Å². The molecule has 5 rings (SSSR count). The number of para-hydroxylation sites is 1. The van der Waals surface area contributed by atoms with E-state index in [1.807, 2.05) is 44.2 Å². The normalized spacial score (nSPS) is 13.8. The van der Waals surface area contributed by atoms with E-state index < -0.39 is 5.82 Å². The van der Waals surface area contributed by atoms with Crippen LogP contribution in [0.3, 0.4) is 0 Å². The lowest BCUT2D eigenvalue weighted by Crippen LogP contribution is -2.34. The molecule has 0 atom stereocenters. The largest absolute Gasteiger partial charge is 0.319 e. The zero-order valence-corrected chi connectivity index (χ0v) is 24.9. The first-order chi connectivity index (χ1) is 19.0. The van der Waals surface area contributed by atoms with Crippen LogP contribution in [-0.2, 0) is 17.3 Å². The summed E-state index contributed by atoms with van der Waals surface area (Å²) in [6.07, 6.45) is 0. The van der Waals surface area contributed by atoms with Gasteiger partial charge in [-0.2, -0.15) is 0 Å². The zero-order valence-electron chi connectivity index (χ0n) is 22.5. The Bertz CT molecular complexity index is 1700. The first-order valence-electron chi connectivity index (χ1n) is 12.7. The lowest BCUT2D eigenvalue weighted by molar-refractivity contribution is -0.113. The molecule has 0 unspecified atom stereocenters. The monoisotopic (exact) mass is 622 g/mol. The summed E-state index contributed by atoms with van der Waals surface area (Å²) in [5, 5.41) is 2.76. The average molecular weight is 624 g/mol. The standard InChI is InChI=1S/C30H28BrFN4O3S/c1-18-27(29(39)36(34(18)4)19-10-6-5-7-11-19)33-26(37)16-40-25-13-9-8-12-20(25)28(38)35-17-30(2,3)21-14-22(31)23(32)15-24(21)35/h5-15H,16-17H2,1-4H3,(H,33,37). The van der Waals surface area contributed by atoms with E-state index in [4.69, 9.17) is 0 Å². The molecule has 4 aromatic rings. The fourth-order valence-corrected chi connectivity index (χ4v) is 6.18. The van der Waals surface area contributed by atoms with Gasteiger partial charge in [0.15, 0.2) is 0 Å². The van der Waals surface area contributed by atoms with E-state index in [9.17, 15) is 18.8 Å². The quantitative estimate of drug-likeness (QED) is 0.265. The van der Waals surface area contributed by atoms with Crippen LogP contribution in [0.2, 0.25) is 0 Å². The molecular formula is C30H28BrFN4O3S. The third-order valence-corrected chi connectivity index (χ3v) is 8.83. The maximum atomic E-state index is 14.5. The summed E-state index contributed by atoms with van der Waals surface area (Å²) < 4.78 is 18.0. The molecule has 0 radical (unpaired) electrons. The van der Waals surface area contributed by atoms with Gasteiger partial charge in [-0.25, -0.2) is 9.07 Å². The topological polar surface area (TPSA) is 76.3 Å². The van der Waals surface area contributed by atoms with Crippen molar-refractivity contribution in [3.63, 3.8) is 0 Å². The van der Waals surface area contributed by atoms with E-state index in [-0.39, 0.29) is 34.2 Å². The molecule has 2 heterocycles. The Morgan fingerprint density at radius 2 is 1.75 bits per heavy atom. The maximum absolute atomic E-state index is 14.5. The summed E-state index contributed by atoms with van der Waals surface area (Å²) >= 11 is 4.47. The summed E-state index contributed by atoms with van der Waals surface area (Å²) in [6, 6.07) is 19.4. The summed E-state index contributed by atoms with van der Waals surface area (Å²) in [5.74, 6) is -1.07. The number of thioether (sulfide) groups is 1. The smallest absolute Gasteiger partial charge is 0.295 e. The van der Waals surface area contributed by atoms with Crippen molar-refractivity contribution in [3.8, 4) is 5.69 Å². The van der Waals surface area contributed by atoms with Gasteiger partial charge >= 0.3 is 0 Å². The molecule has 0 spiro atoms. The van der Waals surface area contributed by atoms with Crippen molar-refractivity contribution in [2.45, 2.75) is 31.1 Å². The first-order valence-corrected chi connectivity index (χ1v) is 14.4. The van der Waals surface area contributed by atoms with E-state index in [2.05, 4.69) is 21.2 Å². The van der Waals surface area contributed by atoms with Crippen LogP contribution in [0.15, 0.2) is 80.9 Å². The predicted molar refractivity (Wildman–Crippen MR) is 160 cm³/mol. The lowest BCUT2D eigenvalue weighted by Gasteiger charge is -2.22. The number of benzene rings is 3. The highest BCUT2D eigenvalue weighted by Gasteiger charge is 2.39. The number of nitrogens with zero attached hydrogens (tertiary/aromatic N) is 3. The first kappa shape index (κ1) is 27.9. The second kappa shape index (κ2) is 10.7. The van der Waals surface area contributed by atoms with E-state index >= 15 is 0 Å². The van der Waals surface area contributed by atoms with Crippen molar-refractivity contribution in [2.24, 2.45) is 7.05 Å². The lowest BCUT2D eigenvalue weighted by atomic mass is 9.87. The van der Waals surface area contributed by atoms with Gasteiger partial charge in [0.2, 0.25) is 5.91 Å². The van der Waals surface area contributed by atoms with Gasteiger partial charge < -0.3 is 10.2 Å². The average Bonchev–Trinajstić information content (AvgIpc) is 3.31. The van der Waals surface area contributed by atoms with E-state index in [0.29, 0.717) is 38.5 Å². The number of hydrogen-bond donors (Lipinski definition) is 1. The Morgan fingerprint density at radius 1 is 1.07 bits per heavy atom. The molecule has 3 aromatic carbocycles. The summed E-state index contributed by atoms with van der Waals surface area (Å²) in [5.41, 5.74) is 2.70. The molecule has 40 heavy (non-hydrogen) atoms. The molecule has 0 saturated heterocycles. The van der Waals surface area contributed by atoms with E-state index in [0.717, 1.165) is 5.56 Å². The fourth-order valence-electron chi connectivity index (χ4n) is 4.99. The molecular weight excluding hydrogens is 595 g/mol. The van der Waals surface area contributed by atoms with Gasteiger partial charge in [0.05, 0.1) is 32.9 Å². The number of nitrogens with one attached hydrogen (secondary N) is 1. The molecule has 0 bridgehead atoms. The Hall–Kier alpha value is -3.63. The Kier molecular flexibility index (Phi) is 7.50. The van der Waals surface area contributed by atoms with Crippen molar-refractivity contribution in [1.82, 2.24) is 9.36 Å². The zero-order chi connectivity index (χ0) is 28.8. The molecule has 0 fully saturated rings. The molecule has 10 heteroatoms. The van der Waals surface area contributed by atoms with Crippen molar-refractivity contribution >= 4 is 50.9 Å². The van der Waals surface area contributed by atoms with Crippen LogP contribution in [0.25, 0.3) is 5.69 Å².